The van der Waals surface area contributed by atoms with E-state index in [1.165, 1.54) is 18.4 Å². The SMILES string of the molecule is CCSC1(SCC)CC[C@H]2[C@@H]3CCC4=CC(=O)C=C[C@]4(C)[C@H]3[C@@H](O)C[C@@]21C. The summed E-state index contributed by atoms with van der Waals surface area (Å²) >= 11 is 4.28. The molecule has 0 aromatic carbocycles. The van der Waals surface area contributed by atoms with Gasteiger partial charge in [0.25, 0.3) is 0 Å². The molecule has 3 saturated carbocycles. The highest BCUT2D eigenvalue weighted by molar-refractivity contribution is 8.18. The molecule has 27 heavy (non-hydrogen) atoms. The molecule has 0 spiro atoms. The Labute approximate surface area is 173 Å². The molecule has 2 nitrogen and oxygen atoms in total. The molecule has 0 aliphatic heterocycles. The van der Waals surface area contributed by atoms with Crippen LogP contribution in [0.1, 0.15) is 59.8 Å². The lowest BCUT2D eigenvalue weighted by molar-refractivity contribution is -0.114. The van der Waals surface area contributed by atoms with E-state index in [4.69, 9.17) is 0 Å². The Balaban J connectivity index is 1.72. The third kappa shape index (κ3) is 2.76. The fourth-order valence-corrected chi connectivity index (χ4v) is 10.9. The Morgan fingerprint density at radius 1 is 1.19 bits per heavy atom. The Hall–Kier alpha value is -0.190. The number of fused-ring (bicyclic) bond motifs is 5. The van der Waals surface area contributed by atoms with Crippen LogP contribution >= 0.6 is 23.5 Å². The minimum Gasteiger partial charge on any atom is -0.393 e. The van der Waals surface area contributed by atoms with E-state index in [0.717, 1.165) is 30.8 Å². The van der Waals surface area contributed by atoms with E-state index in [-0.39, 0.29) is 32.7 Å². The van der Waals surface area contributed by atoms with Crippen LogP contribution < -0.4 is 0 Å². The van der Waals surface area contributed by atoms with Gasteiger partial charge in [0.15, 0.2) is 5.78 Å². The van der Waals surface area contributed by atoms with Gasteiger partial charge in [0.1, 0.15) is 0 Å². The van der Waals surface area contributed by atoms with Gasteiger partial charge in [-0.1, -0.05) is 39.3 Å². The molecule has 4 heteroatoms. The molecule has 0 heterocycles. The van der Waals surface area contributed by atoms with Gasteiger partial charge in [0.2, 0.25) is 0 Å². The summed E-state index contributed by atoms with van der Waals surface area (Å²) in [5.41, 5.74) is 1.31. The number of hydrogen-bond donors (Lipinski definition) is 1. The molecule has 0 aromatic rings. The van der Waals surface area contributed by atoms with Crippen LogP contribution in [0.5, 0.6) is 0 Å². The Bertz CT molecular complexity index is 678. The third-order valence-electron chi connectivity index (χ3n) is 8.30. The Morgan fingerprint density at radius 3 is 2.56 bits per heavy atom. The van der Waals surface area contributed by atoms with Crippen LogP contribution in [-0.2, 0) is 4.79 Å². The van der Waals surface area contributed by atoms with Gasteiger partial charge in [-0.05, 0) is 73.0 Å². The third-order valence-corrected chi connectivity index (χ3v) is 11.9. The number of thioether (sulfide) groups is 2. The maximum absolute atomic E-state index is 11.9. The average molecular weight is 407 g/mol. The summed E-state index contributed by atoms with van der Waals surface area (Å²) < 4.78 is 0.252. The fourth-order valence-electron chi connectivity index (χ4n) is 7.26. The highest BCUT2D eigenvalue weighted by atomic mass is 32.2. The highest BCUT2D eigenvalue weighted by Crippen LogP contribution is 2.72. The van der Waals surface area contributed by atoms with Gasteiger partial charge >= 0.3 is 0 Å². The Kier molecular flexibility index (Phi) is 5.17. The monoisotopic (exact) mass is 406 g/mol. The summed E-state index contributed by atoms with van der Waals surface area (Å²) in [5.74, 6) is 3.93. The predicted molar refractivity (Wildman–Crippen MR) is 117 cm³/mol. The first-order valence-corrected chi connectivity index (χ1v) is 12.7. The lowest BCUT2D eigenvalue weighted by Gasteiger charge is -2.60. The average Bonchev–Trinajstić information content (AvgIpc) is 2.88. The van der Waals surface area contributed by atoms with Gasteiger partial charge in [-0.25, -0.2) is 0 Å². The first-order chi connectivity index (χ1) is 12.8. The minimum atomic E-state index is -0.282. The van der Waals surface area contributed by atoms with E-state index in [1.54, 1.807) is 6.08 Å². The molecule has 3 fully saturated rings. The number of aliphatic hydroxyl groups excluding tert-OH is 1. The molecule has 0 bridgehead atoms. The van der Waals surface area contributed by atoms with Crippen molar-refractivity contribution in [3.05, 3.63) is 23.8 Å². The second-order valence-corrected chi connectivity index (χ2v) is 12.8. The molecule has 0 saturated heterocycles. The number of ketones is 1. The van der Waals surface area contributed by atoms with E-state index in [1.807, 2.05) is 6.08 Å². The number of aliphatic hydroxyl groups is 1. The lowest BCUT2D eigenvalue weighted by Crippen LogP contribution is -2.58. The van der Waals surface area contributed by atoms with E-state index in [0.29, 0.717) is 11.8 Å². The summed E-state index contributed by atoms with van der Waals surface area (Å²) in [7, 11) is 0. The van der Waals surface area contributed by atoms with Crippen LogP contribution in [-0.4, -0.2) is 32.6 Å². The largest absolute Gasteiger partial charge is 0.393 e. The van der Waals surface area contributed by atoms with Crippen molar-refractivity contribution in [2.24, 2.45) is 28.6 Å². The smallest absolute Gasteiger partial charge is 0.178 e. The van der Waals surface area contributed by atoms with Crippen LogP contribution in [0, 0.1) is 28.6 Å². The molecular formula is C23H34O2S2. The molecule has 6 atom stereocenters. The van der Waals surface area contributed by atoms with Crippen LogP contribution in [0.15, 0.2) is 23.8 Å². The van der Waals surface area contributed by atoms with Gasteiger partial charge in [-0.15, -0.1) is 23.5 Å². The van der Waals surface area contributed by atoms with Crippen molar-refractivity contribution in [3.63, 3.8) is 0 Å². The topological polar surface area (TPSA) is 37.3 Å². The van der Waals surface area contributed by atoms with Crippen molar-refractivity contribution in [3.8, 4) is 0 Å². The summed E-state index contributed by atoms with van der Waals surface area (Å²) in [6.45, 7) is 9.32. The first-order valence-electron chi connectivity index (χ1n) is 10.7. The standard InChI is InChI=1S/C23H34O2S2/c1-5-26-23(27-6-2)12-10-18-17-8-7-15-13-16(24)9-11-21(15,3)20(17)19(25)14-22(18,23)4/h9,11,13,17-20,25H,5-8,10,12,14H2,1-4H3/t17-,18-,19-,20+,21-,22-/m0/s1. The summed E-state index contributed by atoms with van der Waals surface area (Å²) in [5, 5.41) is 11.5. The van der Waals surface area contributed by atoms with E-state index in [2.05, 4.69) is 57.3 Å². The second-order valence-electron chi connectivity index (χ2n) is 9.37. The van der Waals surface area contributed by atoms with Crippen molar-refractivity contribution >= 4 is 29.3 Å². The van der Waals surface area contributed by atoms with Crippen molar-refractivity contribution in [1.82, 2.24) is 0 Å². The molecule has 4 aliphatic carbocycles. The van der Waals surface area contributed by atoms with Gasteiger partial charge < -0.3 is 5.11 Å². The first kappa shape index (κ1) is 20.1. The summed E-state index contributed by atoms with van der Waals surface area (Å²) in [4.78, 5) is 11.9. The summed E-state index contributed by atoms with van der Waals surface area (Å²) in [6, 6.07) is 0. The lowest BCUT2D eigenvalue weighted by atomic mass is 9.47. The molecule has 0 amide bonds. The van der Waals surface area contributed by atoms with Crippen molar-refractivity contribution in [2.45, 2.75) is 70.0 Å². The number of allylic oxidation sites excluding steroid dienone is 4. The quantitative estimate of drug-likeness (QED) is 0.628. The van der Waals surface area contributed by atoms with Crippen molar-refractivity contribution < 1.29 is 9.90 Å². The molecule has 0 unspecified atom stereocenters. The predicted octanol–water partition coefficient (Wildman–Crippen LogP) is 5.47. The van der Waals surface area contributed by atoms with Gasteiger partial charge in [0.05, 0.1) is 10.2 Å². The highest BCUT2D eigenvalue weighted by Gasteiger charge is 2.66. The van der Waals surface area contributed by atoms with E-state index >= 15 is 0 Å². The van der Waals surface area contributed by atoms with Crippen LogP contribution in [0.2, 0.25) is 0 Å². The number of carbonyl (C=O) groups excluding carboxylic acids is 1. The van der Waals surface area contributed by atoms with Crippen molar-refractivity contribution in [1.29, 1.82) is 0 Å². The van der Waals surface area contributed by atoms with Gasteiger partial charge in [-0.2, -0.15) is 0 Å². The van der Waals surface area contributed by atoms with E-state index in [9.17, 15) is 9.90 Å². The minimum absolute atomic E-state index is 0.120. The number of carbonyl (C=O) groups is 1. The zero-order chi connectivity index (χ0) is 19.4. The van der Waals surface area contributed by atoms with E-state index < -0.39 is 0 Å². The van der Waals surface area contributed by atoms with Crippen LogP contribution in [0.3, 0.4) is 0 Å². The molecule has 150 valence electrons. The molecule has 1 N–H and O–H groups in total. The zero-order valence-corrected chi connectivity index (χ0v) is 18.8. The second kappa shape index (κ2) is 6.95. The molecule has 4 aliphatic rings. The van der Waals surface area contributed by atoms with Crippen molar-refractivity contribution in [2.75, 3.05) is 11.5 Å². The van der Waals surface area contributed by atoms with Gasteiger partial charge in [0, 0.05) is 11.3 Å². The molecule has 0 aromatic heterocycles. The number of rotatable bonds is 4. The number of hydrogen-bond acceptors (Lipinski definition) is 4. The van der Waals surface area contributed by atoms with Gasteiger partial charge in [-0.3, -0.25) is 4.79 Å². The molecule has 4 rings (SSSR count). The Morgan fingerprint density at radius 2 is 1.89 bits per heavy atom. The molecular weight excluding hydrogens is 372 g/mol. The zero-order valence-electron chi connectivity index (χ0n) is 17.2. The fraction of sp³-hybridized carbons (Fsp3) is 0.783. The normalized spacial score (nSPS) is 45.1. The summed E-state index contributed by atoms with van der Waals surface area (Å²) in [6.07, 6.45) is 11.1. The maximum Gasteiger partial charge on any atom is 0.178 e. The van der Waals surface area contributed by atoms with Crippen LogP contribution in [0.25, 0.3) is 0 Å². The van der Waals surface area contributed by atoms with Crippen LogP contribution in [0.4, 0.5) is 0 Å². The maximum atomic E-state index is 11.9. The molecule has 0 radical (unpaired) electrons.